The SMILES string of the molecule is c1ccc(-c2ccccc2-c2nc(-n3c4ccc5sc6cccc7c6c5c4c4c3ccc3c5ccccc5n7c34)nc3ccc4ccccc4c23)cc1. The number of para-hydroxylation sites is 1. The van der Waals surface area contributed by atoms with E-state index in [1.54, 1.807) is 0 Å². The zero-order valence-corrected chi connectivity index (χ0v) is 29.0. The monoisotopic (exact) mass is 690 g/mol. The first-order valence-electron chi connectivity index (χ1n) is 18.0. The lowest BCUT2D eigenvalue weighted by molar-refractivity contribution is 1.02. The number of benzene rings is 8. The maximum atomic E-state index is 5.66. The van der Waals surface area contributed by atoms with Crippen molar-refractivity contribution in [3.05, 3.63) is 158 Å². The van der Waals surface area contributed by atoms with Gasteiger partial charge in [0.15, 0.2) is 0 Å². The van der Waals surface area contributed by atoms with Gasteiger partial charge in [-0.1, -0.05) is 115 Å². The third-order valence-electron chi connectivity index (χ3n) is 11.4. The molecule has 0 aliphatic heterocycles. The maximum Gasteiger partial charge on any atom is 0.235 e. The van der Waals surface area contributed by atoms with Crippen molar-refractivity contribution >= 4 is 102 Å². The van der Waals surface area contributed by atoms with Gasteiger partial charge in [0.2, 0.25) is 5.95 Å². The fourth-order valence-corrected chi connectivity index (χ4v) is 10.5. The van der Waals surface area contributed by atoms with Crippen molar-refractivity contribution in [1.29, 1.82) is 0 Å². The number of thiophene rings is 1. The van der Waals surface area contributed by atoms with Gasteiger partial charge in [0, 0.05) is 52.7 Å². The summed E-state index contributed by atoms with van der Waals surface area (Å²) in [6.45, 7) is 0. The third-order valence-corrected chi connectivity index (χ3v) is 12.6. The minimum absolute atomic E-state index is 0.673. The molecule has 13 aromatic rings. The topological polar surface area (TPSA) is 35.1 Å². The minimum atomic E-state index is 0.673. The second kappa shape index (κ2) is 9.94. The Balaban J connectivity index is 1.24. The van der Waals surface area contributed by atoms with Crippen LogP contribution in [0.15, 0.2) is 158 Å². The van der Waals surface area contributed by atoms with Crippen LogP contribution in [0.25, 0.3) is 119 Å². The molecule has 5 heteroatoms. The van der Waals surface area contributed by atoms with E-state index in [1.165, 1.54) is 63.7 Å². The van der Waals surface area contributed by atoms with Crippen LogP contribution in [-0.4, -0.2) is 18.9 Å². The largest absolute Gasteiger partial charge is 0.308 e. The highest BCUT2D eigenvalue weighted by molar-refractivity contribution is 7.26. The van der Waals surface area contributed by atoms with Crippen LogP contribution in [0.2, 0.25) is 0 Å². The number of rotatable bonds is 3. The molecule has 53 heavy (non-hydrogen) atoms. The van der Waals surface area contributed by atoms with Crippen molar-refractivity contribution in [1.82, 2.24) is 18.9 Å². The molecule has 0 atom stereocenters. The molecule has 5 aromatic heterocycles. The molecule has 8 aromatic carbocycles. The van der Waals surface area contributed by atoms with E-state index in [1.807, 2.05) is 11.3 Å². The van der Waals surface area contributed by atoms with E-state index in [2.05, 4.69) is 167 Å². The summed E-state index contributed by atoms with van der Waals surface area (Å²) in [6, 6.07) is 57.1. The summed E-state index contributed by atoms with van der Waals surface area (Å²) < 4.78 is 7.44. The van der Waals surface area contributed by atoms with Gasteiger partial charge in [-0.2, -0.15) is 0 Å². The van der Waals surface area contributed by atoms with Crippen LogP contribution in [-0.2, 0) is 0 Å². The van der Waals surface area contributed by atoms with Crippen LogP contribution < -0.4 is 0 Å². The first kappa shape index (κ1) is 27.8. The van der Waals surface area contributed by atoms with Crippen LogP contribution in [0.1, 0.15) is 0 Å². The first-order valence-corrected chi connectivity index (χ1v) is 18.8. The van der Waals surface area contributed by atoms with E-state index in [0.29, 0.717) is 5.95 Å². The second-order valence-electron chi connectivity index (χ2n) is 14.1. The molecule has 4 nitrogen and oxygen atoms in total. The summed E-state index contributed by atoms with van der Waals surface area (Å²) in [5.41, 5.74) is 11.2. The fraction of sp³-hybridized carbons (Fsp3) is 0. The highest BCUT2D eigenvalue weighted by Gasteiger charge is 2.27. The van der Waals surface area contributed by atoms with Crippen LogP contribution in [0.3, 0.4) is 0 Å². The molecule has 0 amide bonds. The van der Waals surface area contributed by atoms with Crippen LogP contribution in [0, 0.1) is 0 Å². The average Bonchev–Trinajstić information content (AvgIpc) is 3.85. The van der Waals surface area contributed by atoms with Gasteiger partial charge in [-0.3, -0.25) is 4.57 Å². The maximum absolute atomic E-state index is 5.66. The minimum Gasteiger partial charge on any atom is -0.308 e. The Bertz CT molecular complexity index is 3620. The third kappa shape index (κ3) is 3.50. The normalized spacial score (nSPS) is 12.5. The molecule has 244 valence electrons. The molecule has 0 saturated carbocycles. The van der Waals surface area contributed by atoms with Gasteiger partial charge in [0.05, 0.1) is 38.8 Å². The predicted octanol–water partition coefficient (Wildman–Crippen LogP) is 13.0. The molecule has 0 aliphatic carbocycles. The predicted molar refractivity (Wildman–Crippen MR) is 223 cm³/mol. The molecule has 0 fully saturated rings. The van der Waals surface area contributed by atoms with E-state index < -0.39 is 0 Å². The van der Waals surface area contributed by atoms with Crippen molar-refractivity contribution < 1.29 is 0 Å². The lowest BCUT2D eigenvalue weighted by atomic mass is 9.94. The fourth-order valence-electron chi connectivity index (χ4n) is 9.33. The molecule has 5 heterocycles. The molecule has 13 rings (SSSR count). The Labute approximate surface area is 306 Å². The molecule has 0 spiro atoms. The second-order valence-corrected chi connectivity index (χ2v) is 15.2. The van der Waals surface area contributed by atoms with Crippen molar-refractivity contribution in [3.63, 3.8) is 0 Å². The molecule has 0 radical (unpaired) electrons. The van der Waals surface area contributed by atoms with Gasteiger partial charge in [-0.15, -0.1) is 11.3 Å². The lowest BCUT2D eigenvalue weighted by Gasteiger charge is -2.16. The molecule has 0 unspecified atom stereocenters. The summed E-state index contributed by atoms with van der Waals surface area (Å²) in [6.07, 6.45) is 0. The average molecular weight is 691 g/mol. The molecule has 0 aliphatic rings. The smallest absolute Gasteiger partial charge is 0.235 e. The number of nitrogens with zero attached hydrogens (tertiary/aromatic N) is 4. The summed E-state index contributed by atoms with van der Waals surface area (Å²) in [4.78, 5) is 11.1. The molecule has 0 N–H and O–H groups in total. The van der Waals surface area contributed by atoms with Gasteiger partial charge in [0.25, 0.3) is 0 Å². The van der Waals surface area contributed by atoms with Crippen molar-refractivity contribution in [2.45, 2.75) is 0 Å². The Morgan fingerprint density at radius 3 is 2.08 bits per heavy atom. The van der Waals surface area contributed by atoms with Crippen LogP contribution >= 0.6 is 11.3 Å². The molecular formula is C48H26N4S. The summed E-state index contributed by atoms with van der Waals surface area (Å²) >= 11 is 1.88. The first-order chi connectivity index (χ1) is 26.3. The zero-order valence-electron chi connectivity index (χ0n) is 28.2. The van der Waals surface area contributed by atoms with E-state index in [4.69, 9.17) is 9.97 Å². The zero-order chi connectivity index (χ0) is 34.4. The highest BCUT2D eigenvalue weighted by atomic mass is 32.1. The summed E-state index contributed by atoms with van der Waals surface area (Å²) in [7, 11) is 0. The van der Waals surface area contributed by atoms with Crippen molar-refractivity contribution in [3.8, 4) is 28.3 Å². The van der Waals surface area contributed by atoms with Gasteiger partial charge in [0.1, 0.15) is 0 Å². The molecular weight excluding hydrogens is 665 g/mol. The number of fused-ring (bicyclic) bond motifs is 7. The number of hydrogen-bond acceptors (Lipinski definition) is 3. The Morgan fingerprint density at radius 1 is 0.415 bits per heavy atom. The Hall–Kier alpha value is -6.82. The molecule has 0 bridgehead atoms. The number of hydrogen-bond donors (Lipinski definition) is 0. The van der Waals surface area contributed by atoms with E-state index in [9.17, 15) is 0 Å². The van der Waals surface area contributed by atoms with Crippen LogP contribution in [0.5, 0.6) is 0 Å². The number of aromatic nitrogens is 4. The standard InChI is InChI=1S/C48H26N4S/c1-2-11-27(12-3-1)29-14-6-7-17-32(29)46-41-30-15-5-4-13-28(30)21-23-34(41)49-48(50-46)52-37-25-26-40-45-42-36(19-10-20-39(42)53-40)51-35-18-9-8-16-31(35)33-22-24-38(52)44(43(37)45)47(33)51/h1-26H. The van der Waals surface area contributed by atoms with E-state index in [0.717, 1.165) is 49.7 Å². The van der Waals surface area contributed by atoms with Gasteiger partial charge in [-0.25, -0.2) is 9.97 Å². The lowest BCUT2D eigenvalue weighted by Crippen LogP contribution is -2.04. The van der Waals surface area contributed by atoms with Gasteiger partial charge < -0.3 is 4.40 Å². The Morgan fingerprint density at radius 2 is 1.15 bits per heavy atom. The van der Waals surface area contributed by atoms with Crippen molar-refractivity contribution in [2.75, 3.05) is 0 Å². The van der Waals surface area contributed by atoms with Gasteiger partial charge >= 0.3 is 0 Å². The van der Waals surface area contributed by atoms with E-state index >= 15 is 0 Å². The van der Waals surface area contributed by atoms with Crippen LogP contribution in [0.4, 0.5) is 0 Å². The Kier molecular flexibility index (Phi) is 5.22. The highest BCUT2D eigenvalue weighted by Crippen LogP contribution is 2.50. The van der Waals surface area contributed by atoms with E-state index in [-0.39, 0.29) is 0 Å². The van der Waals surface area contributed by atoms with Gasteiger partial charge in [-0.05, 0) is 64.4 Å². The van der Waals surface area contributed by atoms with Crippen molar-refractivity contribution in [2.24, 2.45) is 0 Å². The quantitative estimate of drug-likeness (QED) is 0.173. The molecule has 0 saturated heterocycles. The summed E-state index contributed by atoms with van der Waals surface area (Å²) in [5.74, 6) is 0.673. The summed E-state index contributed by atoms with van der Waals surface area (Å²) in [5, 5.41) is 11.1.